The van der Waals surface area contributed by atoms with E-state index < -0.39 is 19.7 Å². The van der Waals surface area contributed by atoms with Crippen LogP contribution in [-0.4, -0.2) is 75.1 Å². The SMILES string of the molecule is C=CC(=O)OCCOC(C)CP(=O)(O)OCC[N+](C)(C)C. The molecule has 0 amide bonds. The topological polar surface area (TPSA) is 82.1 Å². The molecule has 2 atom stereocenters. The summed E-state index contributed by atoms with van der Waals surface area (Å²) in [6, 6.07) is 0. The van der Waals surface area contributed by atoms with Crippen molar-refractivity contribution in [3.05, 3.63) is 12.7 Å². The van der Waals surface area contributed by atoms with Crippen molar-refractivity contribution in [2.75, 3.05) is 53.7 Å². The average molecular weight is 324 g/mol. The second-order valence-corrected chi connectivity index (χ2v) is 7.62. The van der Waals surface area contributed by atoms with Gasteiger partial charge in [-0.1, -0.05) is 6.58 Å². The van der Waals surface area contributed by atoms with Crippen molar-refractivity contribution >= 4 is 13.6 Å². The highest BCUT2D eigenvalue weighted by Crippen LogP contribution is 2.42. The van der Waals surface area contributed by atoms with E-state index in [9.17, 15) is 14.3 Å². The summed E-state index contributed by atoms with van der Waals surface area (Å²) in [6.45, 7) is 6.01. The highest BCUT2D eigenvalue weighted by atomic mass is 31.2. The summed E-state index contributed by atoms with van der Waals surface area (Å²) >= 11 is 0. The first-order valence-corrected chi connectivity index (χ1v) is 8.49. The normalized spacial score (nSPS) is 16.0. The van der Waals surface area contributed by atoms with Gasteiger partial charge in [0.2, 0.25) is 0 Å². The molecule has 0 rings (SSSR count). The van der Waals surface area contributed by atoms with Crippen LogP contribution in [0, 0.1) is 0 Å². The third kappa shape index (κ3) is 12.7. The summed E-state index contributed by atoms with van der Waals surface area (Å²) in [5, 5.41) is 0. The van der Waals surface area contributed by atoms with Crippen molar-refractivity contribution in [3.63, 3.8) is 0 Å². The van der Waals surface area contributed by atoms with Crippen LogP contribution in [0.25, 0.3) is 0 Å². The molecule has 0 aliphatic heterocycles. The first-order valence-electron chi connectivity index (χ1n) is 6.73. The second kappa shape index (κ2) is 9.33. The van der Waals surface area contributed by atoms with Crippen LogP contribution in [-0.2, 0) is 23.4 Å². The van der Waals surface area contributed by atoms with Crippen LogP contribution >= 0.6 is 7.60 Å². The van der Waals surface area contributed by atoms with Crippen molar-refractivity contribution in [2.24, 2.45) is 0 Å². The molecule has 2 unspecified atom stereocenters. The van der Waals surface area contributed by atoms with Crippen LogP contribution in [0.15, 0.2) is 12.7 Å². The van der Waals surface area contributed by atoms with Gasteiger partial charge in [0.15, 0.2) is 0 Å². The van der Waals surface area contributed by atoms with Gasteiger partial charge in [-0.05, 0) is 6.92 Å². The Balaban J connectivity index is 3.90. The molecule has 0 aromatic carbocycles. The predicted molar refractivity (Wildman–Crippen MR) is 80.1 cm³/mol. The molecule has 1 N–H and O–H groups in total. The highest BCUT2D eigenvalue weighted by Gasteiger charge is 2.24. The van der Waals surface area contributed by atoms with Crippen LogP contribution < -0.4 is 0 Å². The minimum absolute atomic E-state index is 0.0767. The van der Waals surface area contributed by atoms with Crippen LogP contribution in [0.1, 0.15) is 6.92 Å². The lowest BCUT2D eigenvalue weighted by molar-refractivity contribution is -0.870. The fourth-order valence-electron chi connectivity index (χ4n) is 1.34. The Labute approximate surface area is 126 Å². The zero-order chi connectivity index (χ0) is 16.5. The zero-order valence-corrected chi connectivity index (χ0v) is 14.2. The number of quaternary nitrogens is 1. The van der Waals surface area contributed by atoms with Gasteiger partial charge in [-0.25, -0.2) is 4.79 Å². The fraction of sp³-hybridized carbons (Fsp3) is 0.769. The predicted octanol–water partition coefficient (Wildman–Crippen LogP) is 1.03. The van der Waals surface area contributed by atoms with Crippen LogP contribution in [0.4, 0.5) is 0 Å². The van der Waals surface area contributed by atoms with Gasteiger partial charge in [0.25, 0.3) is 0 Å². The summed E-state index contributed by atoms with van der Waals surface area (Å²) in [5.41, 5.74) is 0. The summed E-state index contributed by atoms with van der Waals surface area (Å²) in [6.07, 6.45) is 0.499. The average Bonchev–Trinajstić information content (AvgIpc) is 2.31. The molecule has 0 radical (unpaired) electrons. The number of ether oxygens (including phenoxy) is 2. The first kappa shape index (κ1) is 20.3. The minimum Gasteiger partial charge on any atom is -0.460 e. The Hall–Kier alpha value is -0.720. The Morgan fingerprint density at radius 2 is 1.95 bits per heavy atom. The van der Waals surface area contributed by atoms with Gasteiger partial charge in [-0.3, -0.25) is 4.57 Å². The summed E-state index contributed by atoms with van der Waals surface area (Å²) in [5.74, 6) is -0.525. The number of likely N-dealkylation sites (N-methyl/N-ethyl adjacent to an activating group) is 1. The van der Waals surface area contributed by atoms with E-state index in [-0.39, 0.29) is 26.0 Å². The first-order chi connectivity index (χ1) is 9.56. The molecule has 0 aromatic rings. The maximum absolute atomic E-state index is 11.8. The number of esters is 1. The third-order valence-corrected chi connectivity index (χ3v) is 4.00. The van der Waals surface area contributed by atoms with Crippen LogP contribution in [0.3, 0.4) is 0 Å². The molecule has 0 spiro atoms. The maximum atomic E-state index is 11.8. The van der Waals surface area contributed by atoms with E-state index in [1.54, 1.807) is 6.92 Å². The lowest BCUT2D eigenvalue weighted by atomic mass is 10.5. The maximum Gasteiger partial charge on any atom is 0.330 e. The molecule has 21 heavy (non-hydrogen) atoms. The lowest BCUT2D eigenvalue weighted by Crippen LogP contribution is -2.37. The van der Waals surface area contributed by atoms with Crippen molar-refractivity contribution in [3.8, 4) is 0 Å². The van der Waals surface area contributed by atoms with Gasteiger partial charge in [-0.15, -0.1) is 0 Å². The summed E-state index contributed by atoms with van der Waals surface area (Å²) in [4.78, 5) is 20.5. The molecule has 8 heteroatoms. The number of nitrogens with zero attached hydrogens (tertiary/aromatic N) is 1. The van der Waals surface area contributed by atoms with Crippen molar-refractivity contribution in [1.29, 1.82) is 0 Å². The number of carbonyl (C=O) groups is 1. The van der Waals surface area contributed by atoms with E-state index >= 15 is 0 Å². The molecular formula is C13H27NO6P+. The van der Waals surface area contributed by atoms with E-state index in [0.717, 1.165) is 6.08 Å². The van der Waals surface area contributed by atoms with E-state index in [0.29, 0.717) is 11.0 Å². The molecule has 0 aliphatic rings. The van der Waals surface area contributed by atoms with Crippen molar-refractivity contribution in [1.82, 2.24) is 0 Å². The van der Waals surface area contributed by atoms with Gasteiger partial charge >= 0.3 is 13.6 Å². The third-order valence-electron chi connectivity index (χ3n) is 2.44. The number of carbonyl (C=O) groups excluding carboxylic acids is 1. The van der Waals surface area contributed by atoms with Gasteiger partial charge in [-0.2, -0.15) is 0 Å². The lowest BCUT2D eigenvalue weighted by Gasteiger charge is -2.24. The Morgan fingerprint density at radius 3 is 2.48 bits per heavy atom. The number of hydrogen-bond acceptors (Lipinski definition) is 5. The van der Waals surface area contributed by atoms with Gasteiger partial charge < -0.3 is 23.4 Å². The van der Waals surface area contributed by atoms with E-state index in [1.165, 1.54) is 0 Å². The number of rotatable bonds is 11. The van der Waals surface area contributed by atoms with Gasteiger partial charge in [0.1, 0.15) is 19.8 Å². The van der Waals surface area contributed by atoms with Crippen molar-refractivity contribution < 1.29 is 32.7 Å². The molecule has 0 heterocycles. The molecule has 7 nitrogen and oxygen atoms in total. The molecule has 0 saturated heterocycles. The molecule has 124 valence electrons. The molecule has 0 saturated carbocycles. The highest BCUT2D eigenvalue weighted by molar-refractivity contribution is 7.52. The summed E-state index contributed by atoms with van der Waals surface area (Å²) in [7, 11) is 2.26. The number of hydrogen-bond donors (Lipinski definition) is 1. The summed E-state index contributed by atoms with van der Waals surface area (Å²) < 4.78 is 27.6. The van der Waals surface area contributed by atoms with Gasteiger partial charge in [0, 0.05) is 6.08 Å². The van der Waals surface area contributed by atoms with Crippen LogP contribution in [0.2, 0.25) is 0 Å². The minimum atomic E-state index is -3.67. The molecule has 0 bridgehead atoms. The van der Waals surface area contributed by atoms with Crippen LogP contribution in [0.5, 0.6) is 0 Å². The Bertz CT molecular complexity index is 379. The zero-order valence-electron chi connectivity index (χ0n) is 13.3. The van der Waals surface area contributed by atoms with Gasteiger partial charge in [0.05, 0.1) is 40.0 Å². The Morgan fingerprint density at radius 1 is 1.33 bits per heavy atom. The quantitative estimate of drug-likeness (QED) is 0.201. The van der Waals surface area contributed by atoms with E-state index in [1.807, 2.05) is 21.1 Å². The molecular weight excluding hydrogens is 297 g/mol. The molecule has 0 fully saturated rings. The monoisotopic (exact) mass is 324 g/mol. The van der Waals surface area contributed by atoms with E-state index in [4.69, 9.17) is 14.0 Å². The largest absolute Gasteiger partial charge is 0.460 e. The van der Waals surface area contributed by atoms with E-state index in [2.05, 4.69) is 6.58 Å². The smallest absolute Gasteiger partial charge is 0.330 e. The standard InChI is InChI=1S/C13H26NO6P/c1-6-13(15)19-10-9-18-12(2)11-21(16,17)20-8-7-14(3,4)5/h6,12H,1,7-11H2,2-5H3/p+1. The molecule has 0 aromatic heterocycles. The Kier molecular flexibility index (Phi) is 9.01. The van der Waals surface area contributed by atoms with Crippen molar-refractivity contribution in [2.45, 2.75) is 13.0 Å². The fourth-order valence-corrected chi connectivity index (χ4v) is 2.57. The second-order valence-electron chi connectivity index (χ2n) is 5.72. The molecule has 0 aliphatic carbocycles.